The lowest BCUT2D eigenvalue weighted by molar-refractivity contribution is -0.205. The van der Waals surface area contributed by atoms with E-state index in [1.54, 1.807) is 0 Å². The van der Waals surface area contributed by atoms with Crippen LogP contribution in [0.4, 0.5) is 0 Å². The van der Waals surface area contributed by atoms with E-state index in [0.29, 0.717) is 36.9 Å². The van der Waals surface area contributed by atoms with E-state index in [2.05, 4.69) is 20.4 Å². The molecule has 3 aliphatic heterocycles. The minimum absolute atomic E-state index is 0.0586. The summed E-state index contributed by atoms with van der Waals surface area (Å²) in [5, 5.41) is 22.5. The van der Waals surface area contributed by atoms with Gasteiger partial charge in [-0.1, -0.05) is 46.1 Å². The topological polar surface area (TPSA) is 85.2 Å². The number of hydrogen-bond acceptors (Lipinski definition) is 6. The largest absolute Gasteiger partial charge is 0.459 e. The van der Waals surface area contributed by atoms with E-state index in [1.165, 1.54) is 12.8 Å². The van der Waals surface area contributed by atoms with Crippen molar-refractivity contribution in [3.63, 3.8) is 0 Å². The van der Waals surface area contributed by atoms with Crippen LogP contribution in [-0.2, 0) is 19.0 Å². The molecule has 0 radical (unpaired) electrons. The summed E-state index contributed by atoms with van der Waals surface area (Å²) in [7, 11) is 0. The molecule has 0 aromatic carbocycles. The molecular formula is C28H46O6. The van der Waals surface area contributed by atoms with Gasteiger partial charge in [-0.25, -0.2) is 0 Å². The maximum atomic E-state index is 12.9. The molecule has 6 nitrogen and oxygen atoms in total. The second-order valence-electron chi connectivity index (χ2n) is 12.0. The predicted molar refractivity (Wildman–Crippen MR) is 130 cm³/mol. The maximum Gasteiger partial charge on any atom is 0.306 e. The molecule has 1 saturated carbocycles. The van der Waals surface area contributed by atoms with Crippen molar-refractivity contribution >= 4 is 5.97 Å². The van der Waals surface area contributed by atoms with Crippen molar-refractivity contribution in [2.24, 2.45) is 23.7 Å². The highest BCUT2D eigenvalue weighted by molar-refractivity contribution is 5.69. The molecule has 4 aliphatic rings. The quantitative estimate of drug-likeness (QED) is 0.317. The Hall–Kier alpha value is -0.950. The van der Waals surface area contributed by atoms with Crippen molar-refractivity contribution in [1.29, 1.82) is 0 Å². The first-order valence-corrected chi connectivity index (χ1v) is 13.7. The molecular weight excluding hydrogens is 432 g/mol. The molecule has 2 N–H and O–H groups in total. The predicted octanol–water partition coefficient (Wildman–Crippen LogP) is 4.56. The Bertz CT molecular complexity index is 749. The average molecular weight is 479 g/mol. The molecule has 194 valence electrons. The summed E-state index contributed by atoms with van der Waals surface area (Å²) in [4.78, 5) is 12.9. The van der Waals surface area contributed by atoms with Crippen molar-refractivity contribution in [3.8, 4) is 0 Å². The van der Waals surface area contributed by atoms with Crippen LogP contribution >= 0.6 is 0 Å². The molecule has 1 aliphatic carbocycles. The SMILES string of the molecule is C=C1CC2OC3C4C(CCC(C)(O)C24)C(C)COC3(C)C(OC(=O)CCCCCCC)CC1O. The van der Waals surface area contributed by atoms with E-state index in [-0.39, 0.29) is 36.4 Å². The summed E-state index contributed by atoms with van der Waals surface area (Å²) in [6.45, 7) is 13.0. The third-order valence-electron chi connectivity index (χ3n) is 9.41. The molecule has 0 amide bonds. The minimum Gasteiger partial charge on any atom is -0.459 e. The van der Waals surface area contributed by atoms with Crippen LogP contribution in [0.25, 0.3) is 0 Å². The van der Waals surface area contributed by atoms with E-state index >= 15 is 0 Å². The number of hydrogen-bond donors (Lipinski definition) is 2. The lowest BCUT2D eigenvalue weighted by Crippen LogP contribution is -2.58. The van der Waals surface area contributed by atoms with E-state index in [0.717, 1.165) is 32.1 Å². The first-order chi connectivity index (χ1) is 16.1. The number of fused-ring (bicyclic) bond motifs is 2. The maximum absolute atomic E-state index is 12.9. The number of ether oxygens (including phenoxy) is 3. The van der Waals surface area contributed by atoms with Crippen molar-refractivity contribution in [3.05, 3.63) is 12.2 Å². The molecule has 34 heavy (non-hydrogen) atoms. The van der Waals surface area contributed by atoms with Gasteiger partial charge in [-0.3, -0.25) is 4.79 Å². The van der Waals surface area contributed by atoms with Crippen LogP contribution in [0.1, 0.15) is 91.9 Å². The van der Waals surface area contributed by atoms with Crippen molar-refractivity contribution in [2.45, 2.75) is 128 Å². The number of esters is 1. The van der Waals surface area contributed by atoms with E-state index in [1.807, 2.05) is 13.8 Å². The van der Waals surface area contributed by atoms with E-state index in [9.17, 15) is 15.0 Å². The van der Waals surface area contributed by atoms with Gasteiger partial charge in [-0.15, -0.1) is 0 Å². The van der Waals surface area contributed by atoms with Gasteiger partial charge in [0.25, 0.3) is 0 Å². The molecule has 10 unspecified atom stereocenters. The number of carbonyl (C=O) groups is 1. The zero-order chi connectivity index (χ0) is 24.7. The Balaban J connectivity index is 1.63. The highest BCUT2D eigenvalue weighted by atomic mass is 16.6. The second-order valence-corrected chi connectivity index (χ2v) is 12.0. The Morgan fingerprint density at radius 2 is 1.97 bits per heavy atom. The van der Waals surface area contributed by atoms with Crippen LogP contribution in [-0.4, -0.2) is 58.4 Å². The Labute approximate surface area is 205 Å². The fourth-order valence-electron chi connectivity index (χ4n) is 7.33. The van der Waals surface area contributed by atoms with Crippen molar-refractivity contribution < 1.29 is 29.2 Å². The smallest absolute Gasteiger partial charge is 0.306 e. The lowest BCUT2D eigenvalue weighted by Gasteiger charge is -2.48. The van der Waals surface area contributed by atoms with E-state index in [4.69, 9.17) is 14.2 Å². The van der Waals surface area contributed by atoms with Gasteiger partial charge in [0.1, 0.15) is 11.7 Å². The third kappa shape index (κ3) is 4.85. The Morgan fingerprint density at radius 1 is 1.24 bits per heavy atom. The van der Waals surface area contributed by atoms with Gasteiger partial charge in [-0.2, -0.15) is 0 Å². The van der Waals surface area contributed by atoms with Crippen molar-refractivity contribution in [2.75, 3.05) is 6.61 Å². The molecule has 2 bridgehead atoms. The summed E-state index contributed by atoms with van der Waals surface area (Å²) < 4.78 is 19.4. The van der Waals surface area contributed by atoms with Gasteiger partial charge < -0.3 is 24.4 Å². The Morgan fingerprint density at radius 3 is 2.71 bits per heavy atom. The highest BCUT2D eigenvalue weighted by Crippen LogP contribution is 2.58. The number of unbranched alkanes of at least 4 members (excludes halogenated alkanes) is 4. The van der Waals surface area contributed by atoms with Gasteiger partial charge in [0, 0.05) is 18.8 Å². The zero-order valence-corrected chi connectivity index (χ0v) is 21.6. The summed E-state index contributed by atoms with van der Waals surface area (Å²) in [5.41, 5.74) is -1.06. The van der Waals surface area contributed by atoms with E-state index < -0.39 is 23.4 Å². The molecule has 4 fully saturated rings. The zero-order valence-electron chi connectivity index (χ0n) is 21.6. The van der Waals surface area contributed by atoms with Gasteiger partial charge in [-0.05, 0) is 62.9 Å². The average Bonchev–Trinajstić information content (AvgIpc) is 3.13. The van der Waals surface area contributed by atoms with Crippen LogP contribution in [0.3, 0.4) is 0 Å². The van der Waals surface area contributed by atoms with Crippen LogP contribution in [0.2, 0.25) is 0 Å². The third-order valence-corrected chi connectivity index (χ3v) is 9.41. The molecule has 4 rings (SSSR count). The number of carbonyl (C=O) groups excluding carboxylic acids is 1. The summed E-state index contributed by atoms with van der Waals surface area (Å²) in [6.07, 6.45) is 6.15. The fraction of sp³-hybridized carbons (Fsp3) is 0.893. The number of rotatable bonds is 7. The molecule has 0 aromatic heterocycles. The van der Waals surface area contributed by atoms with Gasteiger partial charge >= 0.3 is 5.97 Å². The summed E-state index contributed by atoms with van der Waals surface area (Å²) >= 11 is 0. The first-order valence-electron chi connectivity index (χ1n) is 13.7. The molecule has 10 atom stereocenters. The Kier molecular flexibility index (Phi) is 7.83. The van der Waals surface area contributed by atoms with Gasteiger partial charge in [0.2, 0.25) is 0 Å². The highest BCUT2D eigenvalue weighted by Gasteiger charge is 2.66. The van der Waals surface area contributed by atoms with Crippen LogP contribution in [0.15, 0.2) is 12.2 Å². The summed E-state index contributed by atoms with van der Waals surface area (Å²) in [5.74, 6) is 0.527. The normalized spacial score (nSPS) is 46.2. The van der Waals surface area contributed by atoms with Gasteiger partial charge in [0.05, 0.1) is 30.5 Å². The lowest BCUT2D eigenvalue weighted by atomic mass is 9.58. The first kappa shape index (κ1) is 26.1. The number of aliphatic hydroxyl groups excluding tert-OH is 1. The number of aliphatic hydroxyl groups is 2. The molecule has 6 heteroatoms. The minimum atomic E-state index is -0.891. The van der Waals surface area contributed by atoms with Gasteiger partial charge in [0.15, 0.2) is 0 Å². The molecule has 3 heterocycles. The standard InChI is InChI=1S/C28H46O6/c1-6-7-8-9-10-11-23(30)34-22-15-20(29)17(2)14-21-25-24-19(12-13-27(25,4)31)18(3)16-32-28(22,5)26(24)33-21/h18-22,24-26,29,31H,2,6-16H2,1,3-5H3. The fourth-order valence-corrected chi connectivity index (χ4v) is 7.33. The van der Waals surface area contributed by atoms with Crippen LogP contribution in [0, 0.1) is 23.7 Å². The summed E-state index contributed by atoms with van der Waals surface area (Å²) in [6, 6.07) is 0. The monoisotopic (exact) mass is 478 g/mol. The van der Waals surface area contributed by atoms with Crippen LogP contribution < -0.4 is 0 Å². The van der Waals surface area contributed by atoms with Crippen LogP contribution in [0.5, 0.6) is 0 Å². The molecule has 0 spiro atoms. The van der Waals surface area contributed by atoms with Crippen molar-refractivity contribution in [1.82, 2.24) is 0 Å². The molecule has 3 saturated heterocycles. The molecule has 0 aromatic rings. The second kappa shape index (κ2) is 10.2.